The second-order valence-electron chi connectivity index (χ2n) is 3.27. The number of hydrogen-bond acceptors (Lipinski definition) is 3. The molecule has 2 atom stereocenters. The first-order valence-corrected chi connectivity index (χ1v) is 5.80. The van der Waals surface area contributed by atoms with E-state index in [-0.39, 0.29) is 6.04 Å². The monoisotopic (exact) mass is 211 g/mol. The number of rotatable bonds is 4. The second kappa shape index (κ2) is 5.39. The molecule has 0 amide bonds. The van der Waals surface area contributed by atoms with E-state index in [0.29, 0.717) is 0 Å². The van der Waals surface area contributed by atoms with Crippen molar-refractivity contribution in [3.63, 3.8) is 0 Å². The molecule has 0 heterocycles. The maximum atomic E-state index is 9.32. The molecule has 0 fully saturated rings. The Morgan fingerprint density at radius 1 is 1.36 bits per heavy atom. The maximum absolute atomic E-state index is 9.32. The van der Waals surface area contributed by atoms with Crippen LogP contribution in [-0.2, 0) is 0 Å². The molecule has 1 aromatic rings. The molecule has 0 radical (unpaired) electrons. The number of thioether (sulfide) groups is 1. The molecule has 3 heteroatoms. The van der Waals surface area contributed by atoms with Crippen LogP contribution < -0.4 is 5.73 Å². The highest BCUT2D eigenvalue weighted by molar-refractivity contribution is 7.99. The first kappa shape index (κ1) is 11.6. The van der Waals surface area contributed by atoms with Gasteiger partial charge >= 0.3 is 0 Å². The Hall–Kier alpha value is -0.510. The summed E-state index contributed by atoms with van der Waals surface area (Å²) in [6.45, 7) is 3.83. The normalized spacial score (nSPS) is 15.1. The van der Waals surface area contributed by atoms with Crippen molar-refractivity contribution in [3.8, 4) is 0 Å². The molecule has 78 valence electrons. The highest BCUT2D eigenvalue weighted by Crippen LogP contribution is 2.21. The summed E-state index contributed by atoms with van der Waals surface area (Å²) < 4.78 is 0. The van der Waals surface area contributed by atoms with Crippen molar-refractivity contribution >= 4 is 11.8 Å². The summed E-state index contributed by atoms with van der Waals surface area (Å²) in [7, 11) is 0. The Labute approximate surface area is 89.5 Å². The van der Waals surface area contributed by atoms with Gasteiger partial charge in [0.05, 0.1) is 12.1 Å². The second-order valence-corrected chi connectivity index (χ2v) is 4.61. The van der Waals surface area contributed by atoms with Crippen LogP contribution in [0, 0.1) is 0 Å². The first-order valence-electron chi connectivity index (χ1n) is 4.81. The van der Waals surface area contributed by atoms with Gasteiger partial charge in [0.2, 0.25) is 0 Å². The zero-order chi connectivity index (χ0) is 10.6. The highest BCUT2D eigenvalue weighted by atomic mass is 32.2. The number of hydrogen-bond donors (Lipinski definition) is 2. The summed E-state index contributed by atoms with van der Waals surface area (Å²) in [5, 5.41) is 9.32. The van der Waals surface area contributed by atoms with Crippen LogP contribution in [0.15, 0.2) is 29.2 Å². The highest BCUT2D eigenvalue weighted by Gasteiger charge is 2.11. The molecule has 3 N–H and O–H groups in total. The Morgan fingerprint density at radius 3 is 2.36 bits per heavy atom. The predicted octanol–water partition coefficient (Wildman–Crippen LogP) is 2.18. The molecule has 0 aliphatic rings. The Bertz CT molecular complexity index is 271. The summed E-state index contributed by atoms with van der Waals surface area (Å²) in [4.78, 5) is 1.24. The number of nitrogens with two attached hydrogens (primary N) is 1. The smallest absolute Gasteiger partial charge is 0.0704 e. The van der Waals surface area contributed by atoms with Crippen LogP contribution in [0.25, 0.3) is 0 Å². The van der Waals surface area contributed by atoms with E-state index in [4.69, 9.17) is 5.73 Å². The molecular weight excluding hydrogens is 194 g/mol. The minimum Gasteiger partial charge on any atom is -0.391 e. The SMILES string of the molecule is CCSc1ccc([C@H](N)[C@H](C)O)cc1. The van der Waals surface area contributed by atoms with Crippen molar-refractivity contribution in [2.45, 2.75) is 30.9 Å². The standard InChI is InChI=1S/C11H17NOS/c1-3-14-10-6-4-9(5-7-10)11(12)8(2)13/h4-8,11,13H,3,12H2,1-2H3/t8-,11+/m0/s1. The van der Waals surface area contributed by atoms with Crippen molar-refractivity contribution in [1.82, 2.24) is 0 Å². The van der Waals surface area contributed by atoms with E-state index in [0.717, 1.165) is 11.3 Å². The molecule has 0 unspecified atom stereocenters. The largest absolute Gasteiger partial charge is 0.391 e. The van der Waals surface area contributed by atoms with E-state index in [1.54, 1.807) is 18.7 Å². The number of aliphatic hydroxyl groups is 1. The number of aliphatic hydroxyl groups excluding tert-OH is 1. The summed E-state index contributed by atoms with van der Waals surface area (Å²) in [6.07, 6.45) is -0.500. The zero-order valence-electron chi connectivity index (χ0n) is 8.60. The molecule has 14 heavy (non-hydrogen) atoms. The fourth-order valence-electron chi connectivity index (χ4n) is 1.23. The molecule has 2 nitrogen and oxygen atoms in total. The lowest BCUT2D eigenvalue weighted by atomic mass is 10.0. The van der Waals surface area contributed by atoms with Gasteiger partial charge in [-0.2, -0.15) is 0 Å². The van der Waals surface area contributed by atoms with E-state index in [9.17, 15) is 5.11 Å². The summed E-state index contributed by atoms with van der Waals surface area (Å²) in [6, 6.07) is 7.78. The summed E-state index contributed by atoms with van der Waals surface area (Å²) in [5.41, 5.74) is 6.79. The Balaban J connectivity index is 2.72. The molecule has 0 saturated heterocycles. The van der Waals surface area contributed by atoms with Crippen molar-refractivity contribution < 1.29 is 5.11 Å². The lowest BCUT2D eigenvalue weighted by Crippen LogP contribution is -2.22. The van der Waals surface area contributed by atoms with Gasteiger partial charge < -0.3 is 10.8 Å². The van der Waals surface area contributed by atoms with Crippen LogP contribution in [0.5, 0.6) is 0 Å². The van der Waals surface area contributed by atoms with Crippen molar-refractivity contribution in [1.29, 1.82) is 0 Å². The third-order valence-electron chi connectivity index (χ3n) is 2.10. The fourth-order valence-corrected chi connectivity index (χ4v) is 1.89. The van der Waals surface area contributed by atoms with E-state index >= 15 is 0 Å². The van der Waals surface area contributed by atoms with Gasteiger partial charge in [-0.05, 0) is 30.4 Å². The van der Waals surface area contributed by atoms with E-state index in [2.05, 4.69) is 6.92 Å². The van der Waals surface area contributed by atoms with Gasteiger partial charge in [0.25, 0.3) is 0 Å². The predicted molar refractivity (Wildman–Crippen MR) is 61.4 cm³/mol. The van der Waals surface area contributed by atoms with Crippen LogP contribution in [0.4, 0.5) is 0 Å². The molecule has 0 aromatic heterocycles. The molecular formula is C11H17NOS. The Morgan fingerprint density at radius 2 is 1.93 bits per heavy atom. The van der Waals surface area contributed by atoms with Crippen LogP contribution in [0.2, 0.25) is 0 Å². The number of benzene rings is 1. The molecule has 1 aromatic carbocycles. The first-order chi connectivity index (χ1) is 6.65. The van der Waals surface area contributed by atoms with Gasteiger partial charge in [0, 0.05) is 4.90 Å². The van der Waals surface area contributed by atoms with Crippen LogP contribution >= 0.6 is 11.8 Å². The zero-order valence-corrected chi connectivity index (χ0v) is 9.42. The van der Waals surface area contributed by atoms with Crippen molar-refractivity contribution in [3.05, 3.63) is 29.8 Å². The molecule has 0 bridgehead atoms. The van der Waals surface area contributed by atoms with Gasteiger partial charge in [0.15, 0.2) is 0 Å². The van der Waals surface area contributed by atoms with Crippen LogP contribution in [0.1, 0.15) is 25.5 Å². The average molecular weight is 211 g/mol. The topological polar surface area (TPSA) is 46.2 Å². The van der Waals surface area contributed by atoms with Gasteiger partial charge in [-0.1, -0.05) is 19.1 Å². The minimum atomic E-state index is -0.500. The van der Waals surface area contributed by atoms with E-state index in [1.807, 2.05) is 24.3 Å². The minimum absolute atomic E-state index is 0.282. The lowest BCUT2D eigenvalue weighted by Gasteiger charge is -2.15. The van der Waals surface area contributed by atoms with Crippen molar-refractivity contribution in [2.24, 2.45) is 5.73 Å². The van der Waals surface area contributed by atoms with E-state index < -0.39 is 6.10 Å². The quantitative estimate of drug-likeness (QED) is 0.750. The maximum Gasteiger partial charge on any atom is 0.0704 e. The third kappa shape index (κ3) is 3.01. The molecule has 0 aliphatic carbocycles. The molecule has 0 saturated carbocycles. The third-order valence-corrected chi connectivity index (χ3v) is 2.99. The van der Waals surface area contributed by atoms with Crippen LogP contribution in [0.3, 0.4) is 0 Å². The van der Waals surface area contributed by atoms with Crippen LogP contribution in [-0.4, -0.2) is 17.0 Å². The van der Waals surface area contributed by atoms with Gasteiger partial charge in [0.1, 0.15) is 0 Å². The van der Waals surface area contributed by atoms with E-state index in [1.165, 1.54) is 4.90 Å². The average Bonchev–Trinajstić information content (AvgIpc) is 2.18. The molecule has 1 rings (SSSR count). The van der Waals surface area contributed by atoms with Crippen molar-refractivity contribution in [2.75, 3.05) is 5.75 Å². The summed E-state index contributed by atoms with van der Waals surface area (Å²) >= 11 is 1.80. The molecule has 0 aliphatic heterocycles. The lowest BCUT2D eigenvalue weighted by molar-refractivity contribution is 0.164. The van der Waals surface area contributed by atoms with Gasteiger partial charge in [-0.3, -0.25) is 0 Å². The summed E-state index contributed by atoms with van der Waals surface area (Å²) in [5.74, 6) is 1.07. The van der Waals surface area contributed by atoms with Gasteiger partial charge in [-0.15, -0.1) is 11.8 Å². The fraction of sp³-hybridized carbons (Fsp3) is 0.455. The van der Waals surface area contributed by atoms with Gasteiger partial charge in [-0.25, -0.2) is 0 Å². The molecule has 0 spiro atoms. The Kier molecular flexibility index (Phi) is 4.45.